The molecule has 4 nitrogen and oxygen atoms in total. The molecule has 0 spiro atoms. The van der Waals surface area contributed by atoms with Crippen LogP contribution < -0.4 is 10.6 Å². The Morgan fingerprint density at radius 2 is 2.00 bits per heavy atom. The number of carbonyl (C=O) groups is 1. The molecule has 0 saturated heterocycles. The van der Waals surface area contributed by atoms with Crippen LogP contribution >= 0.6 is 27.7 Å². The summed E-state index contributed by atoms with van der Waals surface area (Å²) in [5.41, 5.74) is -3.81. The lowest BCUT2D eigenvalue weighted by molar-refractivity contribution is -0.0329. The summed E-state index contributed by atoms with van der Waals surface area (Å²) in [5, 5.41) is 5.16. The number of fused-ring (bicyclic) bond motifs is 1. The molecule has 32 heavy (non-hydrogen) atoms. The standard InChI is InChI=1S/C21H15BrF5N3OS/c1-28-19(31)14-10-12(18(23)24)6-7-16(14)29-8-2-4-13-11-17-15(22)5-3-9-30(17)20(13)32-21(25,26)27/h3,5-7,9-11,18,29H,8H2,1H3,(H,28,31). The van der Waals surface area contributed by atoms with Crippen LogP contribution in [0.3, 0.4) is 0 Å². The number of alkyl halides is 5. The molecule has 2 N–H and O–H groups in total. The van der Waals surface area contributed by atoms with Crippen LogP contribution in [0.1, 0.15) is 27.9 Å². The van der Waals surface area contributed by atoms with Gasteiger partial charge in [-0.05, 0) is 46.3 Å². The third-order valence-electron chi connectivity index (χ3n) is 4.28. The zero-order valence-corrected chi connectivity index (χ0v) is 18.8. The second-order valence-electron chi connectivity index (χ2n) is 6.36. The summed E-state index contributed by atoms with van der Waals surface area (Å²) < 4.78 is 67.1. The molecule has 0 bridgehead atoms. The molecule has 0 radical (unpaired) electrons. The van der Waals surface area contributed by atoms with Crippen LogP contribution in [0.4, 0.5) is 27.6 Å². The number of nitrogens with one attached hydrogen (secondary N) is 2. The summed E-state index contributed by atoms with van der Waals surface area (Å²) in [6, 6.07) is 8.46. The van der Waals surface area contributed by atoms with Crippen molar-refractivity contribution >= 4 is 44.8 Å². The first kappa shape index (κ1) is 23.9. The van der Waals surface area contributed by atoms with Crippen molar-refractivity contribution in [2.24, 2.45) is 0 Å². The Morgan fingerprint density at radius 1 is 1.25 bits per heavy atom. The fourth-order valence-electron chi connectivity index (χ4n) is 2.89. The van der Waals surface area contributed by atoms with Gasteiger partial charge in [-0.15, -0.1) is 0 Å². The summed E-state index contributed by atoms with van der Waals surface area (Å²) >= 11 is 3.05. The average Bonchev–Trinajstić information content (AvgIpc) is 3.07. The number of anilines is 1. The summed E-state index contributed by atoms with van der Waals surface area (Å²) in [7, 11) is 1.37. The van der Waals surface area contributed by atoms with E-state index in [0.29, 0.717) is 9.99 Å². The molecule has 3 aromatic rings. The van der Waals surface area contributed by atoms with Gasteiger partial charge in [-0.2, -0.15) is 13.2 Å². The minimum Gasteiger partial charge on any atom is -0.373 e. The van der Waals surface area contributed by atoms with Gasteiger partial charge in [0, 0.05) is 40.7 Å². The molecule has 2 heterocycles. The topological polar surface area (TPSA) is 45.5 Å². The van der Waals surface area contributed by atoms with Crippen molar-refractivity contribution in [3.8, 4) is 11.8 Å². The van der Waals surface area contributed by atoms with Crippen molar-refractivity contribution in [2.75, 3.05) is 18.9 Å². The second-order valence-corrected chi connectivity index (χ2v) is 8.27. The Balaban J connectivity index is 1.88. The molecular weight excluding hydrogens is 517 g/mol. The van der Waals surface area contributed by atoms with Crippen LogP contribution in [0.5, 0.6) is 0 Å². The Labute approximate surface area is 192 Å². The summed E-state index contributed by atoms with van der Waals surface area (Å²) in [4.78, 5) is 12.0. The molecule has 1 amide bonds. The largest absolute Gasteiger partial charge is 0.447 e. The van der Waals surface area contributed by atoms with Gasteiger partial charge in [-0.1, -0.05) is 17.9 Å². The Kier molecular flexibility index (Phi) is 7.36. The van der Waals surface area contributed by atoms with Gasteiger partial charge in [-0.3, -0.25) is 4.79 Å². The maximum Gasteiger partial charge on any atom is 0.447 e. The van der Waals surface area contributed by atoms with Crippen LogP contribution in [-0.2, 0) is 0 Å². The van der Waals surface area contributed by atoms with Gasteiger partial charge in [0.1, 0.15) is 5.03 Å². The maximum atomic E-state index is 13.1. The highest BCUT2D eigenvalue weighted by Crippen LogP contribution is 2.40. The second kappa shape index (κ2) is 9.83. The lowest BCUT2D eigenvalue weighted by Gasteiger charge is -2.11. The molecule has 0 atom stereocenters. The van der Waals surface area contributed by atoms with E-state index in [1.807, 2.05) is 0 Å². The molecule has 0 fully saturated rings. The average molecular weight is 532 g/mol. The number of rotatable bonds is 5. The summed E-state index contributed by atoms with van der Waals surface area (Å²) in [6.07, 6.45) is -1.22. The number of hydrogen-bond acceptors (Lipinski definition) is 3. The van der Waals surface area contributed by atoms with E-state index in [1.165, 1.54) is 29.8 Å². The first-order valence-electron chi connectivity index (χ1n) is 9.03. The first-order chi connectivity index (χ1) is 15.1. The van der Waals surface area contributed by atoms with Crippen LogP contribution in [0.15, 0.2) is 52.1 Å². The lowest BCUT2D eigenvalue weighted by atomic mass is 10.1. The number of aromatic nitrogens is 1. The fourth-order valence-corrected chi connectivity index (χ4v) is 4.05. The highest BCUT2D eigenvalue weighted by Gasteiger charge is 2.32. The lowest BCUT2D eigenvalue weighted by Crippen LogP contribution is -2.20. The zero-order chi connectivity index (χ0) is 23.5. The predicted octanol–water partition coefficient (Wildman–Crippen LogP) is 6.07. The Bertz CT molecular complexity index is 1210. The molecule has 0 aliphatic heterocycles. The van der Waals surface area contributed by atoms with Crippen molar-refractivity contribution in [1.82, 2.24) is 9.72 Å². The van der Waals surface area contributed by atoms with Crippen LogP contribution in [0.2, 0.25) is 0 Å². The highest BCUT2D eigenvalue weighted by molar-refractivity contribution is 9.10. The van der Waals surface area contributed by atoms with Gasteiger partial charge in [0.25, 0.3) is 12.3 Å². The van der Waals surface area contributed by atoms with Gasteiger partial charge < -0.3 is 15.0 Å². The molecule has 11 heteroatoms. The predicted molar refractivity (Wildman–Crippen MR) is 117 cm³/mol. The number of hydrogen-bond donors (Lipinski definition) is 2. The van der Waals surface area contributed by atoms with Gasteiger partial charge in [-0.25, -0.2) is 8.78 Å². The number of benzene rings is 1. The van der Waals surface area contributed by atoms with Gasteiger partial charge in [0.15, 0.2) is 0 Å². The summed E-state index contributed by atoms with van der Waals surface area (Å²) in [6.45, 7) is -0.0263. The SMILES string of the molecule is CNC(=O)c1cc(C(F)F)ccc1NCC#Cc1cc2c(Br)cccn2c1SC(F)(F)F. The van der Waals surface area contributed by atoms with Crippen molar-refractivity contribution in [3.63, 3.8) is 0 Å². The van der Waals surface area contributed by atoms with Crippen molar-refractivity contribution in [3.05, 3.63) is 63.8 Å². The molecule has 0 unspecified atom stereocenters. The van der Waals surface area contributed by atoms with Crippen molar-refractivity contribution < 1.29 is 26.7 Å². The monoisotopic (exact) mass is 531 g/mol. The normalized spacial score (nSPS) is 11.4. The third-order valence-corrected chi connectivity index (χ3v) is 5.79. The van der Waals surface area contributed by atoms with E-state index in [-0.39, 0.29) is 45.7 Å². The van der Waals surface area contributed by atoms with E-state index in [9.17, 15) is 26.7 Å². The molecule has 0 aliphatic carbocycles. The molecule has 2 aromatic heterocycles. The smallest absolute Gasteiger partial charge is 0.373 e. The number of nitrogens with zero attached hydrogens (tertiary/aromatic N) is 1. The first-order valence-corrected chi connectivity index (χ1v) is 10.6. The quantitative estimate of drug-likeness (QED) is 0.238. The molecule has 0 saturated carbocycles. The highest BCUT2D eigenvalue weighted by atomic mass is 79.9. The minimum atomic E-state index is -4.50. The number of carbonyl (C=O) groups excluding carboxylic acids is 1. The van der Waals surface area contributed by atoms with Crippen LogP contribution in [0, 0.1) is 11.8 Å². The summed E-state index contributed by atoms with van der Waals surface area (Å²) in [5.74, 6) is 4.89. The zero-order valence-electron chi connectivity index (χ0n) is 16.4. The van der Waals surface area contributed by atoms with Crippen LogP contribution in [0.25, 0.3) is 5.52 Å². The van der Waals surface area contributed by atoms with E-state index in [4.69, 9.17) is 0 Å². The number of amides is 1. The third kappa shape index (κ3) is 5.55. The number of pyridine rings is 1. The van der Waals surface area contributed by atoms with Gasteiger partial charge in [0.05, 0.1) is 23.2 Å². The molecule has 3 rings (SSSR count). The molecule has 0 aliphatic rings. The minimum absolute atomic E-state index is 0.0129. The Morgan fingerprint density at radius 3 is 2.66 bits per heavy atom. The van der Waals surface area contributed by atoms with E-state index in [1.54, 1.807) is 18.2 Å². The van der Waals surface area contributed by atoms with Crippen LogP contribution in [-0.4, -0.2) is 29.4 Å². The van der Waals surface area contributed by atoms with Crippen molar-refractivity contribution in [2.45, 2.75) is 17.0 Å². The molecule has 168 valence electrons. The van der Waals surface area contributed by atoms with E-state index in [2.05, 4.69) is 38.4 Å². The van der Waals surface area contributed by atoms with Gasteiger partial charge >= 0.3 is 5.51 Å². The van der Waals surface area contributed by atoms with E-state index < -0.39 is 17.8 Å². The van der Waals surface area contributed by atoms with Crippen molar-refractivity contribution in [1.29, 1.82) is 0 Å². The van der Waals surface area contributed by atoms with Gasteiger partial charge in [0.2, 0.25) is 0 Å². The number of thioether (sulfide) groups is 1. The molecule has 1 aromatic carbocycles. The Hall–Kier alpha value is -2.71. The fraction of sp³-hybridized carbons (Fsp3) is 0.190. The van der Waals surface area contributed by atoms with E-state index in [0.717, 1.165) is 6.07 Å². The van der Waals surface area contributed by atoms with E-state index >= 15 is 0 Å². The number of halogens is 6. The maximum absolute atomic E-state index is 13.1. The molecular formula is C21H15BrF5N3OS.